The Bertz CT molecular complexity index is 407. The molecular formula is C14H21NO2S. The topological polar surface area (TPSA) is 38.3 Å². The predicted molar refractivity (Wildman–Crippen MR) is 76.1 cm³/mol. The first kappa shape index (κ1) is 15.1. The summed E-state index contributed by atoms with van der Waals surface area (Å²) in [7, 11) is 1.63. The third kappa shape index (κ3) is 5.10. The van der Waals surface area contributed by atoms with Gasteiger partial charge < -0.3 is 10.1 Å². The number of hydrogen-bond acceptors (Lipinski definition) is 3. The van der Waals surface area contributed by atoms with Gasteiger partial charge in [-0.1, -0.05) is 17.7 Å². The van der Waals surface area contributed by atoms with Gasteiger partial charge in [-0.2, -0.15) is 0 Å². The van der Waals surface area contributed by atoms with E-state index in [0.717, 1.165) is 4.90 Å². The number of rotatable bonds is 6. The van der Waals surface area contributed by atoms with Crippen molar-refractivity contribution >= 4 is 17.7 Å². The van der Waals surface area contributed by atoms with Crippen LogP contribution in [-0.4, -0.2) is 31.4 Å². The molecule has 1 rings (SSSR count). The summed E-state index contributed by atoms with van der Waals surface area (Å²) in [4.78, 5) is 12.9. The molecule has 1 N–H and O–H groups in total. The summed E-state index contributed by atoms with van der Waals surface area (Å²) in [6.07, 6.45) is 0. The normalized spacial score (nSPS) is 12.2. The van der Waals surface area contributed by atoms with Crippen molar-refractivity contribution in [2.75, 3.05) is 19.5 Å². The first-order valence-electron chi connectivity index (χ1n) is 6.01. The van der Waals surface area contributed by atoms with E-state index < -0.39 is 0 Å². The number of nitrogens with one attached hydrogen (secondary N) is 1. The largest absolute Gasteiger partial charge is 0.383 e. The van der Waals surface area contributed by atoms with E-state index in [-0.39, 0.29) is 11.9 Å². The van der Waals surface area contributed by atoms with Crippen molar-refractivity contribution in [3.05, 3.63) is 29.3 Å². The van der Waals surface area contributed by atoms with Crippen LogP contribution in [0, 0.1) is 13.8 Å². The molecule has 0 aliphatic rings. The van der Waals surface area contributed by atoms with E-state index in [4.69, 9.17) is 4.74 Å². The van der Waals surface area contributed by atoms with Gasteiger partial charge in [-0.3, -0.25) is 4.79 Å². The standard InChI is InChI=1S/C14H21NO2S/c1-10-5-6-13(11(2)7-10)18-9-14(16)15-12(3)8-17-4/h5-7,12H,8-9H2,1-4H3,(H,15,16). The molecule has 4 heteroatoms. The molecule has 100 valence electrons. The van der Waals surface area contributed by atoms with Crippen LogP contribution in [0.2, 0.25) is 0 Å². The average Bonchev–Trinajstić information content (AvgIpc) is 2.28. The number of carbonyl (C=O) groups is 1. The molecule has 0 saturated heterocycles. The van der Waals surface area contributed by atoms with Gasteiger partial charge in [0.15, 0.2) is 0 Å². The molecule has 0 saturated carbocycles. The Kier molecular flexibility index (Phi) is 6.22. The first-order valence-corrected chi connectivity index (χ1v) is 7.00. The Morgan fingerprint density at radius 3 is 2.78 bits per heavy atom. The lowest BCUT2D eigenvalue weighted by molar-refractivity contribution is -0.119. The maximum atomic E-state index is 11.7. The number of ether oxygens (including phenoxy) is 1. The van der Waals surface area contributed by atoms with Crippen LogP contribution in [0.15, 0.2) is 23.1 Å². The van der Waals surface area contributed by atoms with E-state index >= 15 is 0 Å². The molecule has 0 aliphatic carbocycles. The zero-order chi connectivity index (χ0) is 13.5. The number of aryl methyl sites for hydroxylation is 2. The van der Waals surface area contributed by atoms with Gasteiger partial charge in [0.05, 0.1) is 12.4 Å². The third-order valence-electron chi connectivity index (χ3n) is 2.51. The van der Waals surface area contributed by atoms with Crippen molar-refractivity contribution in [1.29, 1.82) is 0 Å². The lowest BCUT2D eigenvalue weighted by Crippen LogP contribution is -2.36. The van der Waals surface area contributed by atoms with E-state index in [1.807, 2.05) is 6.92 Å². The number of carbonyl (C=O) groups excluding carboxylic acids is 1. The van der Waals surface area contributed by atoms with E-state index in [1.54, 1.807) is 18.9 Å². The monoisotopic (exact) mass is 267 g/mol. The third-order valence-corrected chi connectivity index (χ3v) is 3.69. The fourth-order valence-corrected chi connectivity index (χ4v) is 2.53. The Morgan fingerprint density at radius 1 is 1.44 bits per heavy atom. The van der Waals surface area contributed by atoms with Gasteiger partial charge in [-0.05, 0) is 32.4 Å². The van der Waals surface area contributed by atoms with E-state index in [1.165, 1.54) is 11.1 Å². The van der Waals surface area contributed by atoms with Gasteiger partial charge in [0.1, 0.15) is 0 Å². The summed E-state index contributed by atoms with van der Waals surface area (Å²) >= 11 is 1.57. The minimum Gasteiger partial charge on any atom is -0.383 e. The van der Waals surface area contributed by atoms with Crippen molar-refractivity contribution in [3.8, 4) is 0 Å². The summed E-state index contributed by atoms with van der Waals surface area (Å²) < 4.78 is 4.98. The molecule has 3 nitrogen and oxygen atoms in total. The average molecular weight is 267 g/mol. The summed E-state index contributed by atoms with van der Waals surface area (Å²) in [5.41, 5.74) is 2.47. The maximum absolute atomic E-state index is 11.7. The minimum absolute atomic E-state index is 0.0459. The molecule has 18 heavy (non-hydrogen) atoms. The van der Waals surface area contributed by atoms with Gasteiger partial charge in [-0.25, -0.2) is 0 Å². The summed E-state index contributed by atoms with van der Waals surface area (Å²) in [5.74, 6) is 0.488. The quantitative estimate of drug-likeness (QED) is 0.805. The van der Waals surface area contributed by atoms with E-state index in [2.05, 4.69) is 37.4 Å². The predicted octanol–water partition coefficient (Wildman–Crippen LogP) is 2.55. The maximum Gasteiger partial charge on any atom is 0.230 e. The van der Waals surface area contributed by atoms with Crippen molar-refractivity contribution in [3.63, 3.8) is 0 Å². The van der Waals surface area contributed by atoms with Crippen molar-refractivity contribution in [2.45, 2.75) is 31.7 Å². The lowest BCUT2D eigenvalue weighted by Gasteiger charge is -2.13. The molecule has 1 aromatic carbocycles. The summed E-state index contributed by atoms with van der Waals surface area (Å²) in [6, 6.07) is 6.33. The molecule has 1 aromatic rings. The lowest BCUT2D eigenvalue weighted by atomic mass is 10.2. The first-order chi connectivity index (χ1) is 8.52. The molecule has 1 unspecified atom stereocenters. The molecule has 0 heterocycles. The van der Waals surface area contributed by atoms with Crippen LogP contribution < -0.4 is 5.32 Å². The molecular weight excluding hydrogens is 246 g/mol. The Morgan fingerprint density at radius 2 is 2.17 bits per heavy atom. The molecule has 0 fully saturated rings. The summed E-state index contributed by atoms with van der Waals surface area (Å²) in [5, 5.41) is 2.90. The molecule has 1 atom stereocenters. The molecule has 0 spiro atoms. The zero-order valence-corrected chi connectivity index (χ0v) is 12.3. The van der Waals surface area contributed by atoms with Crippen LogP contribution in [-0.2, 0) is 9.53 Å². The Balaban J connectivity index is 2.42. The van der Waals surface area contributed by atoms with Crippen molar-refractivity contribution in [1.82, 2.24) is 5.32 Å². The molecule has 1 amide bonds. The molecule has 0 bridgehead atoms. The minimum atomic E-state index is 0.0459. The number of amides is 1. The fraction of sp³-hybridized carbons (Fsp3) is 0.500. The highest BCUT2D eigenvalue weighted by Crippen LogP contribution is 2.22. The van der Waals surface area contributed by atoms with Gasteiger partial charge in [0, 0.05) is 18.0 Å². The highest BCUT2D eigenvalue weighted by molar-refractivity contribution is 8.00. The number of hydrogen-bond donors (Lipinski definition) is 1. The molecule has 0 radical (unpaired) electrons. The number of methoxy groups -OCH3 is 1. The van der Waals surface area contributed by atoms with Crippen LogP contribution in [0.5, 0.6) is 0 Å². The second-order valence-electron chi connectivity index (χ2n) is 4.48. The SMILES string of the molecule is COCC(C)NC(=O)CSc1ccc(C)cc1C. The fourth-order valence-electron chi connectivity index (χ4n) is 1.71. The second kappa shape index (κ2) is 7.44. The van der Waals surface area contributed by atoms with Gasteiger partial charge in [0.2, 0.25) is 5.91 Å². The van der Waals surface area contributed by atoms with Gasteiger partial charge >= 0.3 is 0 Å². The summed E-state index contributed by atoms with van der Waals surface area (Å²) in [6.45, 7) is 6.62. The zero-order valence-electron chi connectivity index (χ0n) is 11.4. The highest BCUT2D eigenvalue weighted by Gasteiger charge is 2.08. The Labute approximate surface area is 113 Å². The highest BCUT2D eigenvalue weighted by atomic mass is 32.2. The second-order valence-corrected chi connectivity index (χ2v) is 5.50. The smallest absolute Gasteiger partial charge is 0.230 e. The number of benzene rings is 1. The van der Waals surface area contributed by atoms with E-state index in [0.29, 0.717) is 12.4 Å². The van der Waals surface area contributed by atoms with Crippen LogP contribution in [0.25, 0.3) is 0 Å². The Hall–Kier alpha value is -1.00. The van der Waals surface area contributed by atoms with Crippen molar-refractivity contribution in [2.24, 2.45) is 0 Å². The van der Waals surface area contributed by atoms with Gasteiger partial charge in [-0.15, -0.1) is 11.8 Å². The van der Waals surface area contributed by atoms with Crippen LogP contribution in [0.4, 0.5) is 0 Å². The molecule has 0 aliphatic heterocycles. The van der Waals surface area contributed by atoms with Crippen LogP contribution in [0.3, 0.4) is 0 Å². The number of thioether (sulfide) groups is 1. The van der Waals surface area contributed by atoms with Crippen molar-refractivity contribution < 1.29 is 9.53 Å². The van der Waals surface area contributed by atoms with Crippen LogP contribution in [0.1, 0.15) is 18.1 Å². The van der Waals surface area contributed by atoms with Gasteiger partial charge in [0.25, 0.3) is 0 Å². The van der Waals surface area contributed by atoms with Crippen LogP contribution >= 0.6 is 11.8 Å². The molecule has 0 aromatic heterocycles. The van der Waals surface area contributed by atoms with E-state index in [9.17, 15) is 4.79 Å².